The molecule has 0 bridgehead atoms. The van der Waals surface area contributed by atoms with E-state index < -0.39 is 0 Å². The molecule has 0 atom stereocenters. The summed E-state index contributed by atoms with van der Waals surface area (Å²) < 4.78 is 0. The Morgan fingerprint density at radius 2 is 1.57 bits per heavy atom. The second-order valence-electron chi connectivity index (χ2n) is 6.16. The Kier molecular flexibility index (Phi) is 3.32. The van der Waals surface area contributed by atoms with E-state index in [1.807, 2.05) is 37.4 Å². The van der Waals surface area contributed by atoms with Gasteiger partial charge in [-0.3, -0.25) is 4.79 Å². The maximum Gasteiger partial charge on any atom is 0.237 e. The monoisotopic (exact) mass is 279 g/mol. The molecule has 3 rings (SSSR count). The Morgan fingerprint density at radius 3 is 2.10 bits per heavy atom. The van der Waals surface area contributed by atoms with Crippen molar-refractivity contribution >= 4 is 11.6 Å². The van der Waals surface area contributed by atoms with Gasteiger partial charge in [0.1, 0.15) is 0 Å². The van der Waals surface area contributed by atoms with Crippen molar-refractivity contribution in [2.75, 3.05) is 11.9 Å². The molecular formula is C19H21NO. The van der Waals surface area contributed by atoms with Crippen molar-refractivity contribution in [2.45, 2.75) is 32.1 Å². The van der Waals surface area contributed by atoms with Crippen LogP contribution in [0.1, 0.15) is 29.5 Å². The highest BCUT2D eigenvalue weighted by Crippen LogP contribution is 2.50. The fraction of sp³-hybridized carbons (Fsp3) is 0.316. The number of nitrogens with zero attached hydrogens (tertiary/aromatic N) is 1. The number of likely N-dealkylation sites (N-methyl/N-ethyl adjacent to an activating group) is 1. The molecular weight excluding hydrogens is 258 g/mol. The molecule has 1 saturated carbocycles. The number of benzene rings is 2. The Morgan fingerprint density at radius 1 is 1.00 bits per heavy atom. The van der Waals surface area contributed by atoms with Gasteiger partial charge in [0.05, 0.1) is 5.41 Å². The molecule has 2 heteroatoms. The molecule has 0 aromatic heterocycles. The SMILES string of the molecule is Cc1cc(C)cc(C2(C(=O)N(C)c3ccccc3)CC2)c1. The Bertz CT molecular complexity index is 651. The number of carbonyl (C=O) groups is 1. The van der Waals surface area contributed by atoms with Gasteiger partial charge in [-0.05, 0) is 44.4 Å². The molecule has 0 spiro atoms. The molecule has 0 radical (unpaired) electrons. The molecule has 0 saturated heterocycles. The molecule has 2 aromatic carbocycles. The second-order valence-corrected chi connectivity index (χ2v) is 6.16. The molecule has 2 aromatic rings. The van der Waals surface area contributed by atoms with Crippen LogP contribution in [0.15, 0.2) is 48.5 Å². The minimum absolute atomic E-state index is 0.207. The molecule has 108 valence electrons. The summed E-state index contributed by atoms with van der Waals surface area (Å²) in [6, 6.07) is 16.4. The van der Waals surface area contributed by atoms with Crippen molar-refractivity contribution in [3.8, 4) is 0 Å². The summed E-state index contributed by atoms with van der Waals surface area (Å²) in [5.41, 5.74) is 4.28. The van der Waals surface area contributed by atoms with Gasteiger partial charge in [0, 0.05) is 12.7 Å². The molecule has 1 fully saturated rings. The lowest BCUT2D eigenvalue weighted by Gasteiger charge is -2.24. The molecule has 1 aliphatic carbocycles. The quantitative estimate of drug-likeness (QED) is 0.831. The van der Waals surface area contributed by atoms with Crippen molar-refractivity contribution in [1.82, 2.24) is 0 Å². The Balaban J connectivity index is 1.93. The van der Waals surface area contributed by atoms with Crippen LogP contribution >= 0.6 is 0 Å². The summed E-state index contributed by atoms with van der Waals surface area (Å²) in [6.45, 7) is 4.19. The van der Waals surface area contributed by atoms with Gasteiger partial charge in [-0.2, -0.15) is 0 Å². The van der Waals surface area contributed by atoms with Gasteiger partial charge in [-0.1, -0.05) is 47.5 Å². The highest BCUT2D eigenvalue weighted by Gasteiger charge is 2.52. The summed E-state index contributed by atoms with van der Waals surface area (Å²) in [5.74, 6) is 0.207. The summed E-state index contributed by atoms with van der Waals surface area (Å²) in [4.78, 5) is 14.8. The predicted molar refractivity (Wildman–Crippen MR) is 86.7 cm³/mol. The van der Waals surface area contributed by atoms with Crippen molar-refractivity contribution in [3.63, 3.8) is 0 Å². The van der Waals surface area contributed by atoms with Crippen LogP contribution in [0.4, 0.5) is 5.69 Å². The largest absolute Gasteiger partial charge is 0.315 e. The van der Waals surface area contributed by atoms with Crippen molar-refractivity contribution in [2.24, 2.45) is 0 Å². The van der Waals surface area contributed by atoms with Crippen molar-refractivity contribution in [3.05, 3.63) is 65.2 Å². The van der Waals surface area contributed by atoms with Crippen molar-refractivity contribution < 1.29 is 4.79 Å². The van der Waals surface area contributed by atoms with Crippen LogP contribution in [0.5, 0.6) is 0 Å². The maximum absolute atomic E-state index is 13.0. The molecule has 0 heterocycles. The summed E-state index contributed by atoms with van der Waals surface area (Å²) >= 11 is 0. The normalized spacial score (nSPS) is 15.6. The van der Waals surface area contributed by atoms with Crippen LogP contribution in [0.2, 0.25) is 0 Å². The Labute approximate surface area is 126 Å². The first-order valence-electron chi connectivity index (χ1n) is 7.45. The molecule has 21 heavy (non-hydrogen) atoms. The van der Waals surface area contributed by atoms with Crippen LogP contribution in [-0.4, -0.2) is 13.0 Å². The summed E-state index contributed by atoms with van der Waals surface area (Å²) in [5, 5.41) is 0. The van der Waals surface area contributed by atoms with E-state index in [4.69, 9.17) is 0 Å². The number of rotatable bonds is 3. The fourth-order valence-electron chi connectivity index (χ4n) is 3.09. The molecule has 2 nitrogen and oxygen atoms in total. The molecule has 1 aliphatic rings. The van der Waals surface area contributed by atoms with Crippen LogP contribution in [0, 0.1) is 13.8 Å². The van der Waals surface area contributed by atoms with Gasteiger partial charge in [0.25, 0.3) is 0 Å². The topological polar surface area (TPSA) is 20.3 Å². The van der Waals surface area contributed by atoms with E-state index in [1.165, 1.54) is 16.7 Å². The number of hydrogen-bond acceptors (Lipinski definition) is 1. The standard InChI is InChI=1S/C19H21NO/c1-14-11-15(2)13-16(12-14)19(9-10-19)18(21)20(3)17-7-5-4-6-8-17/h4-8,11-13H,9-10H2,1-3H3. The lowest BCUT2D eigenvalue weighted by molar-refractivity contribution is -0.120. The average molecular weight is 279 g/mol. The van der Waals surface area contributed by atoms with Gasteiger partial charge in [0.15, 0.2) is 0 Å². The van der Waals surface area contributed by atoms with E-state index in [9.17, 15) is 4.79 Å². The van der Waals surface area contributed by atoms with E-state index in [2.05, 4.69) is 32.0 Å². The zero-order chi connectivity index (χ0) is 15.0. The number of para-hydroxylation sites is 1. The predicted octanol–water partition coefficient (Wildman–Crippen LogP) is 4.00. The van der Waals surface area contributed by atoms with Crippen LogP contribution in [-0.2, 0) is 10.2 Å². The first kappa shape index (κ1) is 13.9. The number of carbonyl (C=O) groups excluding carboxylic acids is 1. The zero-order valence-electron chi connectivity index (χ0n) is 12.9. The third-order valence-corrected chi connectivity index (χ3v) is 4.38. The van der Waals surface area contributed by atoms with Gasteiger partial charge in [0.2, 0.25) is 5.91 Å². The second kappa shape index (κ2) is 5.03. The fourth-order valence-corrected chi connectivity index (χ4v) is 3.09. The lowest BCUT2D eigenvalue weighted by Crippen LogP contribution is -2.36. The van der Waals surface area contributed by atoms with Crippen LogP contribution in [0.3, 0.4) is 0 Å². The van der Waals surface area contributed by atoms with E-state index in [0.29, 0.717) is 0 Å². The molecule has 0 unspecified atom stereocenters. The van der Waals surface area contributed by atoms with E-state index in [-0.39, 0.29) is 11.3 Å². The zero-order valence-corrected chi connectivity index (χ0v) is 12.9. The van der Waals surface area contributed by atoms with E-state index in [0.717, 1.165) is 18.5 Å². The Hall–Kier alpha value is -2.09. The highest BCUT2D eigenvalue weighted by molar-refractivity contribution is 6.02. The van der Waals surface area contributed by atoms with Gasteiger partial charge in [-0.25, -0.2) is 0 Å². The third-order valence-electron chi connectivity index (χ3n) is 4.38. The number of hydrogen-bond donors (Lipinski definition) is 0. The highest BCUT2D eigenvalue weighted by atomic mass is 16.2. The molecule has 1 amide bonds. The van der Waals surface area contributed by atoms with Crippen LogP contribution in [0.25, 0.3) is 0 Å². The van der Waals surface area contributed by atoms with Gasteiger partial charge in [-0.15, -0.1) is 0 Å². The summed E-state index contributed by atoms with van der Waals surface area (Å²) in [7, 11) is 1.88. The molecule has 0 N–H and O–H groups in total. The van der Waals surface area contributed by atoms with Crippen LogP contribution < -0.4 is 4.90 Å². The molecule has 0 aliphatic heterocycles. The third kappa shape index (κ3) is 2.46. The summed E-state index contributed by atoms with van der Waals surface area (Å²) in [6.07, 6.45) is 1.90. The minimum Gasteiger partial charge on any atom is -0.315 e. The maximum atomic E-state index is 13.0. The number of amides is 1. The number of aryl methyl sites for hydroxylation is 2. The smallest absolute Gasteiger partial charge is 0.237 e. The van der Waals surface area contributed by atoms with E-state index in [1.54, 1.807) is 4.90 Å². The van der Waals surface area contributed by atoms with Crippen molar-refractivity contribution in [1.29, 1.82) is 0 Å². The first-order chi connectivity index (χ1) is 10.0. The number of anilines is 1. The lowest BCUT2D eigenvalue weighted by atomic mass is 9.91. The average Bonchev–Trinajstić information content (AvgIpc) is 3.27. The minimum atomic E-state index is -0.304. The first-order valence-corrected chi connectivity index (χ1v) is 7.45. The van der Waals surface area contributed by atoms with E-state index >= 15 is 0 Å². The van der Waals surface area contributed by atoms with Gasteiger partial charge >= 0.3 is 0 Å². The van der Waals surface area contributed by atoms with Gasteiger partial charge < -0.3 is 4.90 Å².